The first-order valence-electron chi connectivity index (χ1n) is 1.53. The molecule has 0 fully saturated rings. The van der Waals surface area contributed by atoms with E-state index in [0.29, 0.717) is 0 Å². The monoisotopic (exact) mass is 119 g/mol. The van der Waals surface area contributed by atoms with Crippen LogP contribution in [0.5, 0.6) is 0 Å². The fourth-order valence-electron chi connectivity index (χ4n) is 0.0951. The van der Waals surface area contributed by atoms with Gasteiger partial charge in [0.05, 0.1) is 0 Å². The molecule has 0 aromatic rings. The van der Waals surface area contributed by atoms with E-state index in [1.165, 1.54) is 6.08 Å². The average molecular weight is 119 g/mol. The Labute approximate surface area is 44.2 Å². The minimum Gasteiger partial charge on any atom is -0.288 e. The van der Waals surface area contributed by atoms with Crippen molar-refractivity contribution in [3.63, 3.8) is 0 Å². The van der Waals surface area contributed by atoms with Crippen molar-refractivity contribution < 1.29 is 8.76 Å². The number of nitrogens with zero attached hydrogens (tertiary/aromatic N) is 1. The van der Waals surface area contributed by atoms with E-state index < -0.39 is 11.3 Å². The molecule has 0 aliphatic heterocycles. The van der Waals surface area contributed by atoms with Gasteiger partial charge in [0.15, 0.2) is 0 Å². The highest BCUT2D eigenvalue weighted by molar-refractivity contribution is 7.77. The van der Waals surface area contributed by atoms with Gasteiger partial charge in [-0.1, -0.05) is 12.7 Å². The van der Waals surface area contributed by atoms with Crippen LogP contribution in [0.4, 0.5) is 0 Å². The maximum absolute atomic E-state index is 9.62. The second-order valence-electron chi connectivity index (χ2n) is 0.721. The first-order valence-corrected chi connectivity index (χ1v) is 2.60. The molecule has 1 atom stereocenters. The van der Waals surface area contributed by atoms with Crippen LogP contribution in [0.15, 0.2) is 17.1 Å². The normalized spacial score (nSPS) is 14.4. The van der Waals surface area contributed by atoms with Gasteiger partial charge in [0, 0.05) is 6.21 Å². The van der Waals surface area contributed by atoms with E-state index in [4.69, 9.17) is 4.55 Å². The van der Waals surface area contributed by atoms with Gasteiger partial charge < -0.3 is 0 Å². The van der Waals surface area contributed by atoms with Crippen LogP contribution in [0, 0.1) is 0 Å². The molecule has 0 aliphatic carbocycles. The average Bonchev–Trinajstić information content (AvgIpc) is 1.61. The molecular formula is C3H5NO2S. The molecule has 0 rings (SSSR count). The molecule has 1 unspecified atom stereocenters. The SMILES string of the molecule is C=CC=NS(=O)O. The highest BCUT2D eigenvalue weighted by Gasteiger charge is 1.74. The number of rotatable bonds is 2. The lowest BCUT2D eigenvalue weighted by atomic mass is 10.7. The second-order valence-corrected chi connectivity index (χ2v) is 1.39. The topological polar surface area (TPSA) is 49.7 Å². The van der Waals surface area contributed by atoms with E-state index in [0.717, 1.165) is 6.21 Å². The fraction of sp³-hybridized carbons (Fsp3) is 0. The summed E-state index contributed by atoms with van der Waals surface area (Å²) in [5.41, 5.74) is 0. The predicted octanol–water partition coefficient (Wildman–Crippen LogP) is 0.380. The molecule has 0 aromatic carbocycles. The summed E-state index contributed by atoms with van der Waals surface area (Å²) in [7, 11) is 0. The third kappa shape index (κ3) is 5.52. The summed E-state index contributed by atoms with van der Waals surface area (Å²) in [6.45, 7) is 3.24. The molecule has 7 heavy (non-hydrogen) atoms. The molecule has 0 heterocycles. The molecule has 3 nitrogen and oxygen atoms in total. The van der Waals surface area contributed by atoms with E-state index in [-0.39, 0.29) is 0 Å². The van der Waals surface area contributed by atoms with Crippen molar-refractivity contribution in [2.45, 2.75) is 0 Å². The lowest BCUT2D eigenvalue weighted by Crippen LogP contribution is -1.76. The predicted molar refractivity (Wildman–Crippen MR) is 29.5 cm³/mol. The smallest absolute Gasteiger partial charge is 0.281 e. The Morgan fingerprint density at radius 3 is 2.57 bits per heavy atom. The summed E-state index contributed by atoms with van der Waals surface area (Å²) in [5, 5.41) is 0. The Morgan fingerprint density at radius 1 is 1.86 bits per heavy atom. The summed E-state index contributed by atoms with van der Waals surface area (Å²) >= 11 is -2.07. The van der Waals surface area contributed by atoms with Crippen molar-refractivity contribution >= 4 is 17.5 Å². The first kappa shape index (κ1) is 6.52. The third-order valence-electron chi connectivity index (χ3n) is 0.256. The number of hydrogen-bond acceptors (Lipinski definition) is 1. The van der Waals surface area contributed by atoms with E-state index in [1.807, 2.05) is 0 Å². The summed E-state index contributed by atoms with van der Waals surface area (Å²) in [5.74, 6) is 0. The van der Waals surface area contributed by atoms with Crippen molar-refractivity contribution in [3.8, 4) is 0 Å². The lowest BCUT2D eigenvalue weighted by Gasteiger charge is -1.71. The largest absolute Gasteiger partial charge is 0.288 e. The van der Waals surface area contributed by atoms with E-state index in [2.05, 4.69) is 11.0 Å². The van der Waals surface area contributed by atoms with Crippen molar-refractivity contribution in [2.75, 3.05) is 0 Å². The fourth-order valence-corrected chi connectivity index (χ4v) is 0.285. The molecule has 0 spiro atoms. The summed E-state index contributed by atoms with van der Waals surface area (Å²) in [6, 6.07) is 0. The van der Waals surface area contributed by atoms with Crippen molar-refractivity contribution in [1.82, 2.24) is 0 Å². The van der Waals surface area contributed by atoms with Gasteiger partial charge in [-0.3, -0.25) is 4.55 Å². The van der Waals surface area contributed by atoms with Crippen molar-refractivity contribution in [2.24, 2.45) is 4.40 Å². The van der Waals surface area contributed by atoms with E-state index in [1.54, 1.807) is 0 Å². The van der Waals surface area contributed by atoms with Gasteiger partial charge in [-0.25, -0.2) is 4.21 Å². The zero-order valence-electron chi connectivity index (χ0n) is 3.57. The first-order chi connectivity index (χ1) is 3.27. The Morgan fingerprint density at radius 2 is 2.43 bits per heavy atom. The molecule has 0 radical (unpaired) electrons. The molecule has 40 valence electrons. The molecule has 0 amide bonds. The Bertz CT molecular complexity index is 110. The Hall–Kier alpha value is -0.480. The maximum atomic E-state index is 9.62. The lowest BCUT2D eigenvalue weighted by molar-refractivity contribution is 0.566. The number of allylic oxidation sites excluding steroid dienone is 1. The number of hydrogen-bond donors (Lipinski definition) is 1. The van der Waals surface area contributed by atoms with Crippen LogP contribution < -0.4 is 0 Å². The molecule has 0 aliphatic rings. The van der Waals surface area contributed by atoms with Crippen LogP contribution in [-0.4, -0.2) is 15.0 Å². The molecule has 4 heteroatoms. The maximum Gasteiger partial charge on any atom is 0.281 e. The zero-order valence-corrected chi connectivity index (χ0v) is 4.39. The Kier molecular flexibility index (Phi) is 3.45. The summed E-state index contributed by atoms with van der Waals surface area (Å²) in [4.78, 5) is 0. The van der Waals surface area contributed by atoms with Crippen LogP contribution in [0.1, 0.15) is 0 Å². The van der Waals surface area contributed by atoms with Crippen LogP contribution in [-0.2, 0) is 11.3 Å². The van der Waals surface area contributed by atoms with Crippen LogP contribution >= 0.6 is 0 Å². The summed E-state index contributed by atoms with van der Waals surface area (Å²) in [6.07, 6.45) is 2.49. The van der Waals surface area contributed by atoms with E-state index >= 15 is 0 Å². The van der Waals surface area contributed by atoms with Gasteiger partial charge in [-0.15, -0.1) is 0 Å². The van der Waals surface area contributed by atoms with Crippen LogP contribution in [0.3, 0.4) is 0 Å². The van der Waals surface area contributed by atoms with Crippen molar-refractivity contribution in [1.29, 1.82) is 0 Å². The molecule has 0 saturated carbocycles. The van der Waals surface area contributed by atoms with Gasteiger partial charge in [0.2, 0.25) is 0 Å². The van der Waals surface area contributed by atoms with E-state index in [9.17, 15) is 4.21 Å². The third-order valence-corrected chi connectivity index (χ3v) is 0.559. The van der Waals surface area contributed by atoms with Gasteiger partial charge in [0.25, 0.3) is 11.3 Å². The van der Waals surface area contributed by atoms with Crippen LogP contribution in [0.25, 0.3) is 0 Å². The van der Waals surface area contributed by atoms with Gasteiger partial charge in [-0.2, -0.15) is 4.40 Å². The summed E-state index contributed by atoms with van der Waals surface area (Å²) < 4.78 is 20.6. The Balaban J connectivity index is 3.46. The minimum atomic E-state index is -2.07. The van der Waals surface area contributed by atoms with Gasteiger partial charge in [0.1, 0.15) is 0 Å². The quantitative estimate of drug-likeness (QED) is 0.422. The zero-order chi connectivity index (χ0) is 5.70. The van der Waals surface area contributed by atoms with Crippen LogP contribution in [0.2, 0.25) is 0 Å². The van der Waals surface area contributed by atoms with Crippen molar-refractivity contribution in [3.05, 3.63) is 12.7 Å². The molecule has 0 aromatic heterocycles. The van der Waals surface area contributed by atoms with Gasteiger partial charge in [-0.05, 0) is 0 Å². The minimum absolute atomic E-state index is 1.16. The second kappa shape index (κ2) is 3.70. The highest BCUT2D eigenvalue weighted by atomic mass is 32.2. The standard InChI is InChI=1S/C3H5NO2S/c1-2-3-4-7(5)6/h2-3H,1H2,(H,5,6). The van der Waals surface area contributed by atoms with Gasteiger partial charge >= 0.3 is 0 Å². The molecule has 0 saturated heterocycles. The highest BCUT2D eigenvalue weighted by Crippen LogP contribution is 1.69. The molecule has 0 bridgehead atoms. The molecule has 1 N–H and O–H groups in total. The molecular weight excluding hydrogens is 114 g/mol.